The summed E-state index contributed by atoms with van der Waals surface area (Å²) in [4.78, 5) is 0. The summed E-state index contributed by atoms with van der Waals surface area (Å²) in [5, 5.41) is 35.9. The Labute approximate surface area is 269 Å². The molecule has 0 saturated carbocycles. The van der Waals surface area contributed by atoms with Crippen molar-refractivity contribution in [2.75, 3.05) is 23.7 Å². The summed E-state index contributed by atoms with van der Waals surface area (Å²) in [6.07, 6.45) is 0. The minimum atomic E-state index is 0.251. The standard InChI is InChI=1S/2C17H20N4S/c2*1-10-7-13(8-18)5-6-14(10)16-15-12(3)20-21(4)17(15)19-9-11(2)22-16/h2*5-7,11,16,19H,9H2,1-4H3/t2*11-,16-/m10/s1. The van der Waals surface area contributed by atoms with E-state index >= 15 is 0 Å². The van der Waals surface area contributed by atoms with Crippen LogP contribution in [0.2, 0.25) is 0 Å². The van der Waals surface area contributed by atoms with Gasteiger partial charge in [-0.15, -0.1) is 23.5 Å². The second kappa shape index (κ2) is 13.0. The van der Waals surface area contributed by atoms with Gasteiger partial charge in [-0.25, -0.2) is 0 Å². The number of nitrogens with zero attached hydrogens (tertiary/aromatic N) is 6. The third kappa shape index (κ3) is 6.20. The maximum atomic E-state index is 9.08. The number of rotatable bonds is 2. The largest absolute Gasteiger partial charge is 0.369 e. The molecule has 0 saturated heterocycles. The molecule has 4 atom stereocenters. The summed E-state index contributed by atoms with van der Waals surface area (Å²) >= 11 is 3.92. The van der Waals surface area contributed by atoms with Crippen LogP contribution >= 0.6 is 23.5 Å². The average molecular weight is 625 g/mol. The monoisotopic (exact) mass is 624 g/mol. The average Bonchev–Trinajstić information content (AvgIpc) is 3.25. The van der Waals surface area contributed by atoms with E-state index in [1.54, 1.807) is 0 Å². The molecule has 4 heterocycles. The number of benzene rings is 2. The van der Waals surface area contributed by atoms with Gasteiger partial charge in [0.15, 0.2) is 0 Å². The van der Waals surface area contributed by atoms with Crippen molar-refractivity contribution in [3.05, 3.63) is 92.3 Å². The zero-order valence-electron chi connectivity index (χ0n) is 26.7. The predicted molar refractivity (Wildman–Crippen MR) is 182 cm³/mol. The molecule has 44 heavy (non-hydrogen) atoms. The van der Waals surface area contributed by atoms with Gasteiger partial charge in [0.1, 0.15) is 11.6 Å². The van der Waals surface area contributed by atoms with Crippen molar-refractivity contribution >= 4 is 35.2 Å². The van der Waals surface area contributed by atoms with E-state index in [0.29, 0.717) is 21.6 Å². The van der Waals surface area contributed by atoms with Crippen molar-refractivity contribution in [2.45, 2.75) is 62.5 Å². The van der Waals surface area contributed by atoms with Gasteiger partial charge in [0.25, 0.3) is 0 Å². The molecule has 2 aromatic carbocycles. The molecule has 6 rings (SSSR count). The Morgan fingerprint density at radius 3 is 1.43 bits per heavy atom. The summed E-state index contributed by atoms with van der Waals surface area (Å²) in [5.74, 6) is 2.23. The van der Waals surface area contributed by atoms with E-state index < -0.39 is 0 Å². The minimum absolute atomic E-state index is 0.251. The summed E-state index contributed by atoms with van der Waals surface area (Å²) in [7, 11) is 3.98. The molecule has 2 aliphatic rings. The lowest BCUT2D eigenvalue weighted by Gasteiger charge is -2.20. The molecular formula is C34H40N8S2. The first-order valence-electron chi connectivity index (χ1n) is 14.9. The fourth-order valence-electron chi connectivity index (χ4n) is 6.11. The third-order valence-corrected chi connectivity index (χ3v) is 11.1. The number of fused-ring (bicyclic) bond motifs is 2. The summed E-state index contributed by atoms with van der Waals surface area (Å²) in [5.41, 5.74) is 11.0. The number of hydrogen-bond donors (Lipinski definition) is 2. The lowest BCUT2D eigenvalue weighted by Crippen LogP contribution is -2.13. The van der Waals surface area contributed by atoms with Crippen molar-refractivity contribution < 1.29 is 0 Å². The van der Waals surface area contributed by atoms with E-state index in [1.165, 1.54) is 33.4 Å². The van der Waals surface area contributed by atoms with E-state index in [-0.39, 0.29) is 10.5 Å². The fourth-order valence-corrected chi connectivity index (χ4v) is 9.06. The fraction of sp³-hybridized carbons (Fsp3) is 0.412. The van der Waals surface area contributed by atoms with Crippen LogP contribution in [0.4, 0.5) is 11.6 Å². The zero-order chi connectivity index (χ0) is 31.7. The number of hydrogen-bond acceptors (Lipinski definition) is 8. The van der Waals surface area contributed by atoms with Crippen LogP contribution < -0.4 is 10.6 Å². The highest BCUT2D eigenvalue weighted by molar-refractivity contribution is 8.00. The predicted octanol–water partition coefficient (Wildman–Crippen LogP) is 7.09. The molecule has 0 spiro atoms. The molecule has 2 aliphatic heterocycles. The van der Waals surface area contributed by atoms with E-state index in [4.69, 9.17) is 10.5 Å². The lowest BCUT2D eigenvalue weighted by molar-refractivity contribution is 0.757. The quantitative estimate of drug-likeness (QED) is 0.243. The summed E-state index contributed by atoms with van der Waals surface area (Å²) in [6, 6.07) is 16.4. The van der Waals surface area contributed by atoms with Crippen LogP contribution in [-0.4, -0.2) is 43.2 Å². The number of aryl methyl sites for hydroxylation is 6. The molecular weight excluding hydrogens is 585 g/mol. The van der Waals surface area contributed by atoms with Crippen molar-refractivity contribution in [1.29, 1.82) is 10.5 Å². The second-order valence-corrected chi connectivity index (χ2v) is 14.8. The molecule has 2 N–H and O–H groups in total. The molecule has 0 radical (unpaired) electrons. The Balaban J connectivity index is 0.000000175. The van der Waals surface area contributed by atoms with Gasteiger partial charge in [-0.05, 0) is 74.2 Å². The van der Waals surface area contributed by atoms with E-state index in [2.05, 4.69) is 86.6 Å². The van der Waals surface area contributed by atoms with Gasteiger partial charge in [0, 0.05) is 48.8 Å². The molecule has 0 fully saturated rings. The molecule has 0 bridgehead atoms. The number of anilines is 2. The lowest BCUT2D eigenvalue weighted by atomic mass is 9.98. The van der Waals surface area contributed by atoms with Gasteiger partial charge in [0.05, 0.1) is 45.2 Å². The van der Waals surface area contributed by atoms with Gasteiger partial charge in [-0.2, -0.15) is 20.7 Å². The van der Waals surface area contributed by atoms with Crippen molar-refractivity contribution in [2.24, 2.45) is 14.1 Å². The molecule has 0 aliphatic carbocycles. The van der Waals surface area contributed by atoms with Gasteiger partial charge in [-0.3, -0.25) is 9.36 Å². The van der Waals surface area contributed by atoms with Crippen LogP contribution in [0.25, 0.3) is 0 Å². The molecule has 0 unspecified atom stereocenters. The highest BCUT2D eigenvalue weighted by Crippen LogP contribution is 2.47. The van der Waals surface area contributed by atoms with Crippen LogP contribution in [0.15, 0.2) is 36.4 Å². The zero-order valence-corrected chi connectivity index (χ0v) is 28.3. The number of nitriles is 2. The first-order valence-corrected chi connectivity index (χ1v) is 16.8. The molecule has 4 aromatic rings. The van der Waals surface area contributed by atoms with E-state index in [0.717, 1.165) is 36.1 Å². The van der Waals surface area contributed by atoms with Crippen molar-refractivity contribution in [3.63, 3.8) is 0 Å². The van der Waals surface area contributed by atoms with E-state index in [1.807, 2.05) is 71.2 Å². The SMILES string of the molecule is Cc1cc(C#N)ccc1[C@@H]1S[C@@H](C)CNc2c1c(C)nn2C.Cc1cc(C#N)ccc1[C@H]1S[C@H](C)CNc2c1c(C)nn2C. The van der Waals surface area contributed by atoms with Crippen molar-refractivity contribution in [3.8, 4) is 12.1 Å². The van der Waals surface area contributed by atoms with Gasteiger partial charge >= 0.3 is 0 Å². The number of nitrogens with one attached hydrogen (secondary N) is 2. The Morgan fingerprint density at radius 1 is 0.705 bits per heavy atom. The number of thioether (sulfide) groups is 2. The maximum Gasteiger partial charge on any atom is 0.128 e. The minimum Gasteiger partial charge on any atom is -0.369 e. The third-order valence-electron chi connectivity index (χ3n) is 8.27. The van der Waals surface area contributed by atoms with Crippen LogP contribution in [-0.2, 0) is 14.1 Å². The Kier molecular flexibility index (Phi) is 9.34. The Morgan fingerprint density at radius 2 is 1.09 bits per heavy atom. The second-order valence-electron chi connectivity index (χ2n) is 11.7. The first kappa shape index (κ1) is 31.6. The normalized spacial score (nSPS) is 20.7. The number of aromatic nitrogens is 4. The van der Waals surface area contributed by atoms with Crippen LogP contribution in [0.3, 0.4) is 0 Å². The Bertz CT molecular complexity index is 1640. The highest BCUT2D eigenvalue weighted by atomic mass is 32.2. The smallest absolute Gasteiger partial charge is 0.128 e. The van der Waals surface area contributed by atoms with Gasteiger partial charge < -0.3 is 10.6 Å². The van der Waals surface area contributed by atoms with Gasteiger partial charge in [0.2, 0.25) is 0 Å². The Hall–Kier alpha value is -3.86. The van der Waals surface area contributed by atoms with Crippen LogP contribution in [0.1, 0.15) is 80.2 Å². The summed E-state index contributed by atoms with van der Waals surface area (Å²) < 4.78 is 3.88. The van der Waals surface area contributed by atoms with Crippen molar-refractivity contribution in [1.82, 2.24) is 19.6 Å². The van der Waals surface area contributed by atoms with Crippen LogP contribution in [0, 0.1) is 50.4 Å². The molecule has 2 aromatic heterocycles. The molecule has 0 amide bonds. The first-order chi connectivity index (χ1) is 21.0. The highest BCUT2D eigenvalue weighted by Gasteiger charge is 2.31. The van der Waals surface area contributed by atoms with E-state index in [9.17, 15) is 0 Å². The molecule has 8 nitrogen and oxygen atoms in total. The van der Waals surface area contributed by atoms with Crippen LogP contribution in [0.5, 0.6) is 0 Å². The molecule has 228 valence electrons. The topological polar surface area (TPSA) is 107 Å². The molecule has 10 heteroatoms. The maximum absolute atomic E-state index is 9.08. The van der Waals surface area contributed by atoms with Gasteiger partial charge in [-0.1, -0.05) is 26.0 Å². The summed E-state index contributed by atoms with van der Waals surface area (Å²) in [6.45, 7) is 14.7.